The van der Waals surface area contributed by atoms with Crippen LogP contribution >= 0.6 is 0 Å². The van der Waals surface area contributed by atoms with Crippen molar-refractivity contribution in [2.45, 2.75) is 31.9 Å². The van der Waals surface area contributed by atoms with Crippen molar-refractivity contribution in [3.05, 3.63) is 29.8 Å². The van der Waals surface area contributed by atoms with Crippen LogP contribution in [0.25, 0.3) is 0 Å². The van der Waals surface area contributed by atoms with Crippen molar-refractivity contribution in [1.29, 1.82) is 0 Å². The number of para-hydroxylation sites is 1. The summed E-state index contributed by atoms with van der Waals surface area (Å²) in [4.78, 5) is 11.8. The van der Waals surface area contributed by atoms with Crippen LogP contribution in [-0.2, 0) is 16.0 Å². The zero-order valence-electron chi connectivity index (χ0n) is 9.98. The van der Waals surface area contributed by atoms with E-state index in [0.29, 0.717) is 12.1 Å². The molecule has 0 radical (unpaired) electrons. The third-order valence-corrected chi connectivity index (χ3v) is 3.13. The Kier molecular flexibility index (Phi) is 3.64. The minimum atomic E-state index is 0.00486. The molecule has 2 rings (SSSR count). The molecule has 3 N–H and O–H groups in total. The van der Waals surface area contributed by atoms with Crippen LogP contribution in [0.1, 0.15) is 18.9 Å². The van der Waals surface area contributed by atoms with Crippen LogP contribution in [0.4, 0.5) is 5.69 Å². The Balaban J connectivity index is 1.91. The molecule has 1 aliphatic heterocycles. The Bertz CT molecular complexity index is 406. The molecule has 0 spiro atoms. The maximum Gasteiger partial charge on any atom is 0.224 e. The summed E-state index contributed by atoms with van der Waals surface area (Å²) in [6.07, 6.45) is 1.32. The highest BCUT2D eigenvalue weighted by atomic mass is 16.5. The van der Waals surface area contributed by atoms with Gasteiger partial charge in [0, 0.05) is 12.3 Å². The van der Waals surface area contributed by atoms with Gasteiger partial charge in [-0.2, -0.15) is 0 Å². The summed E-state index contributed by atoms with van der Waals surface area (Å²) >= 11 is 0. The number of carbonyl (C=O) groups is 1. The highest BCUT2D eigenvalue weighted by Gasteiger charge is 2.25. The van der Waals surface area contributed by atoms with Crippen LogP contribution in [0.2, 0.25) is 0 Å². The maximum absolute atomic E-state index is 11.8. The quantitative estimate of drug-likeness (QED) is 0.770. The van der Waals surface area contributed by atoms with Crippen LogP contribution in [0.3, 0.4) is 0 Å². The van der Waals surface area contributed by atoms with Crippen LogP contribution in [0.15, 0.2) is 24.3 Å². The maximum atomic E-state index is 11.8. The number of benzene rings is 1. The summed E-state index contributed by atoms with van der Waals surface area (Å²) < 4.78 is 5.40. The Hall–Kier alpha value is -1.55. The molecule has 4 nitrogen and oxygen atoms in total. The van der Waals surface area contributed by atoms with Crippen molar-refractivity contribution in [3.8, 4) is 0 Å². The summed E-state index contributed by atoms with van der Waals surface area (Å²) in [6.45, 7) is 2.70. The van der Waals surface area contributed by atoms with Gasteiger partial charge in [0.25, 0.3) is 0 Å². The fourth-order valence-electron chi connectivity index (χ4n) is 2.05. The van der Waals surface area contributed by atoms with Crippen molar-refractivity contribution in [2.75, 3.05) is 12.3 Å². The lowest BCUT2D eigenvalue weighted by atomic mass is 10.1. The molecule has 1 heterocycles. The Morgan fingerprint density at radius 3 is 2.94 bits per heavy atom. The second-order valence-electron chi connectivity index (χ2n) is 4.41. The summed E-state index contributed by atoms with van der Waals surface area (Å²) in [5, 5.41) is 2.98. The summed E-state index contributed by atoms with van der Waals surface area (Å²) in [5.74, 6) is 0.00486. The van der Waals surface area contributed by atoms with Gasteiger partial charge in [0.05, 0.1) is 18.6 Å². The van der Waals surface area contributed by atoms with Crippen LogP contribution in [0, 0.1) is 0 Å². The van der Waals surface area contributed by atoms with E-state index in [1.54, 1.807) is 0 Å². The molecule has 4 heteroatoms. The van der Waals surface area contributed by atoms with Gasteiger partial charge in [0.1, 0.15) is 0 Å². The molecule has 1 saturated heterocycles. The van der Waals surface area contributed by atoms with Gasteiger partial charge in [-0.3, -0.25) is 4.79 Å². The number of carbonyl (C=O) groups excluding carboxylic acids is 1. The Morgan fingerprint density at radius 1 is 1.53 bits per heavy atom. The summed E-state index contributed by atoms with van der Waals surface area (Å²) in [5.41, 5.74) is 7.34. The van der Waals surface area contributed by atoms with E-state index in [4.69, 9.17) is 10.5 Å². The molecule has 0 saturated carbocycles. The van der Waals surface area contributed by atoms with E-state index in [9.17, 15) is 4.79 Å². The normalized spacial score (nSPS) is 23.6. The zero-order valence-corrected chi connectivity index (χ0v) is 9.98. The number of hydrogen-bond donors (Lipinski definition) is 2. The second-order valence-corrected chi connectivity index (χ2v) is 4.41. The molecule has 1 fully saturated rings. The molecule has 0 aliphatic carbocycles. The highest BCUT2D eigenvalue weighted by Crippen LogP contribution is 2.14. The standard InChI is InChI=1S/C13H18N2O2/c1-9-12(6-7-17-9)15-13(16)8-10-4-2-3-5-11(10)14/h2-5,9,12H,6-8,14H2,1H3,(H,15,16). The summed E-state index contributed by atoms with van der Waals surface area (Å²) in [7, 11) is 0. The number of hydrogen-bond acceptors (Lipinski definition) is 3. The summed E-state index contributed by atoms with van der Waals surface area (Å²) in [6, 6.07) is 7.57. The lowest BCUT2D eigenvalue weighted by molar-refractivity contribution is -0.121. The number of anilines is 1. The number of amides is 1. The van der Waals surface area contributed by atoms with Gasteiger partial charge in [-0.05, 0) is 25.0 Å². The fourth-order valence-corrected chi connectivity index (χ4v) is 2.05. The van der Waals surface area contributed by atoms with E-state index in [1.807, 2.05) is 31.2 Å². The van der Waals surface area contributed by atoms with Gasteiger partial charge >= 0.3 is 0 Å². The van der Waals surface area contributed by atoms with Crippen molar-refractivity contribution < 1.29 is 9.53 Å². The smallest absolute Gasteiger partial charge is 0.224 e. The molecule has 1 aliphatic rings. The molecule has 17 heavy (non-hydrogen) atoms. The van der Waals surface area contributed by atoms with E-state index < -0.39 is 0 Å². The molecule has 1 amide bonds. The second kappa shape index (κ2) is 5.19. The van der Waals surface area contributed by atoms with Crippen molar-refractivity contribution in [2.24, 2.45) is 0 Å². The lowest BCUT2D eigenvalue weighted by Gasteiger charge is -2.16. The number of nitrogens with two attached hydrogens (primary N) is 1. The lowest BCUT2D eigenvalue weighted by Crippen LogP contribution is -2.40. The topological polar surface area (TPSA) is 64.3 Å². The van der Waals surface area contributed by atoms with Crippen LogP contribution in [0.5, 0.6) is 0 Å². The van der Waals surface area contributed by atoms with Gasteiger partial charge in [0.15, 0.2) is 0 Å². The largest absolute Gasteiger partial charge is 0.398 e. The van der Waals surface area contributed by atoms with Crippen LogP contribution < -0.4 is 11.1 Å². The first-order chi connectivity index (χ1) is 8.16. The third kappa shape index (κ3) is 2.97. The van der Waals surface area contributed by atoms with E-state index in [1.165, 1.54) is 0 Å². The molecule has 1 aromatic carbocycles. The fraction of sp³-hybridized carbons (Fsp3) is 0.462. The molecular formula is C13H18N2O2. The van der Waals surface area contributed by atoms with Crippen molar-refractivity contribution in [3.63, 3.8) is 0 Å². The Labute approximate surface area is 101 Å². The average Bonchev–Trinajstić information content (AvgIpc) is 2.68. The highest BCUT2D eigenvalue weighted by molar-refractivity contribution is 5.80. The minimum absolute atomic E-state index is 0.00486. The van der Waals surface area contributed by atoms with E-state index in [0.717, 1.165) is 18.6 Å². The monoisotopic (exact) mass is 234 g/mol. The molecule has 0 bridgehead atoms. The van der Waals surface area contributed by atoms with Gasteiger partial charge in [-0.1, -0.05) is 18.2 Å². The number of nitrogen functional groups attached to an aromatic ring is 1. The SMILES string of the molecule is CC1OCCC1NC(=O)Cc1ccccc1N. The first-order valence-corrected chi connectivity index (χ1v) is 5.91. The zero-order chi connectivity index (χ0) is 12.3. The van der Waals surface area contributed by atoms with Crippen molar-refractivity contribution in [1.82, 2.24) is 5.32 Å². The molecule has 0 aromatic heterocycles. The minimum Gasteiger partial charge on any atom is -0.398 e. The number of rotatable bonds is 3. The van der Waals surface area contributed by atoms with Gasteiger partial charge in [-0.15, -0.1) is 0 Å². The number of ether oxygens (including phenoxy) is 1. The van der Waals surface area contributed by atoms with Crippen molar-refractivity contribution >= 4 is 11.6 Å². The van der Waals surface area contributed by atoms with Gasteiger partial charge < -0.3 is 15.8 Å². The van der Waals surface area contributed by atoms with E-state index in [2.05, 4.69) is 5.32 Å². The molecule has 2 unspecified atom stereocenters. The molecule has 92 valence electrons. The first-order valence-electron chi connectivity index (χ1n) is 5.91. The molecular weight excluding hydrogens is 216 g/mol. The predicted molar refractivity (Wildman–Crippen MR) is 66.5 cm³/mol. The predicted octanol–water partition coefficient (Wildman–Crippen LogP) is 1.10. The van der Waals surface area contributed by atoms with E-state index >= 15 is 0 Å². The van der Waals surface area contributed by atoms with Gasteiger partial charge in [0.2, 0.25) is 5.91 Å². The van der Waals surface area contributed by atoms with E-state index in [-0.39, 0.29) is 18.1 Å². The average molecular weight is 234 g/mol. The number of nitrogens with one attached hydrogen (secondary N) is 1. The van der Waals surface area contributed by atoms with Gasteiger partial charge in [-0.25, -0.2) is 0 Å². The molecule has 2 atom stereocenters. The molecule has 1 aromatic rings. The van der Waals surface area contributed by atoms with Crippen LogP contribution in [-0.4, -0.2) is 24.7 Å². The Morgan fingerprint density at radius 2 is 2.29 bits per heavy atom. The third-order valence-electron chi connectivity index (χ3n) is 3.13. The first kappa shape index (κ1) is 11.9.